The van der Waals surface area contributed by atoms with Crippen LogP contribution >= 0.6 is 0 Å². The van der Waals surface area contributed by atoms with Crippen molar-refractivity contribution in [3.05, 3.63) is 77.4 Å². The molecule has 2 aromatic carbocycles. The SMILES string of the molecule is Cc1cc(-c2[nH][nH]c3cc4nc(C(=O)N[C@H](C)c5ccccc5)nc4cc23)cc(C)n1. The van der Waals surface area contributed by atoms with E-state index in [4.69, 9.17) is 0 Å². The molecule has 0 aliphatic heterocycles. The van der Waals surface area contributed by atoms with Crippen molar-refractivity contribution in [3.63, 3.8) is 0 Å². The fourth-order valence-electron chi connectivity index (χ4n) is 3.91. The van der Waals surface area contributed by atoms with Crippen LogP contribution in [0.15, 0.2) is 54.6 Å². The number of aryl methyl sites for hydroxylation is 2. The van der Waals surface area contributed by atoms with E-state index in [0.29, 0.717) is 11.0 Å². The predicted octanol–water partition coefficient (Wildman–Crippen LogP) is 4.61. The highest BCUT2D eigenvalue weighted by molar-refractivity contribution is 6.02. The molecular formula is C24H22N6O. The molecule has 3 N–H and O–H groups in total. The zero-order valence-corrected chi connectivity index (χ0v) is 17.5. The smallest absolute Gasteiger partial charge is 0.289 e. The summed E-state index contributed by atoms with van der Waals surface area (Å²) in [6.45, 7) is 5.90. The average molecular weight is 410 g/mol. The van der Waals surface area contributed by atoms with Gasteiger partial charge < -0.3 is 10.4 Å². The van der Waals surface area contributed by atoms with Gasteiger partial charge in [-0.15, -0.1) is 0 Å². The Labute approximate surface area is 178 Å². The number of rotatable bonds is 4. The summed E-state index contributed by atoms with van der Waals surface area (Å²) < 4.78 is 0. The molecule has 0 saturated carbocycles. The van der Waals surface area contributed by atoms with E-state index < -0.39 is 0 Å². The summed E-state index contributed by atoms with van der Waals surface area (Å²) in [7, 11) is 0. The molecule has 0 unspecified atom stereocenters. The van der Waals surface area contributed by atoms with Gasteiger partial charge in [0.15, 0.2) is 0 Å². The maximum atomic E-state index is 12.7. The second-order valence-electron chi connectivity index (χ2n) is 7.80. The normalized spacial score (nSPS) is 12.4. The van der Waals surface area contributed by atoms with Crippen molar-refractivity contribution in [2.45, 2.75) is 26.8 Å². The van der Waals surface area contributed by atoms with Crippen molar-refractivity contribution in [2.75, 3.05) is 0 Å². The van der Waals surface area contributed by atoms with Crippen LogP contribution < -0.4 is 5.32 Å². The zero-order valence-electron chi connectivity index (χ0n) is 17.5. The predicted molar refractivity (Wildman–Crippen MR) is 121 cm³/mol. The van der Waals surface area contributed by atoms with Crippen LogP contribution in [-0.4, -0.2) is 31.1 Å². The highest BCUT2D eigenvalue weighted by Gasteiger charge is 2.18. The van der Waals surface area contributed by atoms with E-state index in [2.05, 4.69) is 30.5 Å². The second kappa shape index (κ2) is 7.36. The zero-order chi connectivity index (χ0) is 21.5. The van der Waals surface area contributed by atoms with Crippen LogP contribution in [0.1, 0.15) is 40.5 Å². The van der Waals surface area contributed by atoms with Crippen LogP contribution in [0.4, 0.5) is 0 Å². The number of amides is 1. The van der Waals surface area contributed by atoms with E-state index in [1.54, 1.807) is 0 Å². The van der Waals surface area contributed by atoms with Gasteiger partial charge in [-0.25, -0.2) is 9.97 Å². The largest absolute Gasteiger partial charge is 0.343 e. The van der Waals surface area contributed by atoms with Crippen molar-refractivity contribution in [3.8, 4) is 11.3 Å². The third kappa shape index (κ3) is 3.54. The third-order valence-corrected chi connectivity index (χ3v) is 5.38. The molecule has 7 nitrogen and oxygen atoms in total. The Morgan fingerprint density at radius 1 is 0.903 bits per heavy atom. The van der Waals surface area contributed by atoms with Crippen molar-refractivity contribution in [1.29, 1.82) is 0 Å². The molecule has 31 heavy (non-hydrogen) atoms. The van der Waals surface area contributed by atoms with Crippen molar-refractivity contribution >= 4 is 27.8 Å². The van der Waals surface area contributed by atoms with E-state index in [0.717, 1.165) is 39.1 Å². The number of carbonyl (C=O) groups excluding carboxylic acids is 1. The van der Waals surface area contributed by atoms with Crippen LogP contribution in [0.25, 0.3) is 33.2 Å². The molecule has 5 aromatic rings. The van der Waals surface area contributed by atoms with Gasteiger partial charge in [0.05, 0.1) is 28.3 Å². The van der Waals surface area contributed by atoms with Crippen LogP contribution in [0.2, 0.25) is 0 Å². The van der Waals surface area contributed by atoms with Crippen molar-refractivity contribution in [1.82, 2.24) is 30.5 Å². The van der Waals surface area contributed by atoms with Gasteiger partial charge in [-0.05, 0) is 50.6 Å². The number of hydrogen-bond acceptors (Lipinski definition) is 4. The van der Waals surface area contributed by atoms with E-state index in [1.807, 2.05) is 75.4 Å². The van der Waals surface area contributed by atoms with Gasteiger partial charge in [-0.2, -0.15) is 0 Å². The number of nitrogens with zero attached hydrogens (tertiary/aromatic N) is 3. The number of carbonyl (C=O) groups is 1. The van der Waals surface area contributed by atoms with Gasteiger partial charge in [0.2, 0.25) is 5.82 Å². The molecule has 0 aliphatic rings. The van der Waals surface area contributed by atoms with Crippen LogP contribution in [0.5, 0.6) is 0 Å². The molecule has 0 saturated heterocycles. The Morgan fingerprint density at radius 2 is 1.58 bits per heavy atom. The average Bonchev–Trinajstić information content (AvgIpc) is 3.35. The first-order valence-corrected chi connectivity index (χ1v) is 10.2. The Bertz CT molecular complexity index is 1400. The number of benzene rings is 2. The van der Waals surface area contributed by atoms with Gasteiger partial charge in [0, 0.05) is 22.3 Å². The quantitative estimate of drug-likeness (QED) is 0.403. The van der Waals surface area contributed by atoms with Crippen LogP contribution in [0.3, 0.4) is 0 Å². The summed E-state index contributed by atoms with van der Waals surface area (Å²) in [6, 6.07) is 17.6. The van der Waals surface area contributed by atoms with Gasteiger partial charge in [0.25, 0.3) is 5.91 Å². The Kier molecular flexibility index (Phi) is 4.51. The maximum Gasteiger partial charge on any atom is 0.289 e. The van der Waals surface area contributed by atoms with E-state index in [1.165, 1.54) is 0 Å². The first-order valence-electron chi connectivity index (χ1n) is 10.2. The lowest BCUT2D eigenvalue weighted by Gasteiger charge is -2.12. The molecular weight excluding hydrogens is 388 g/mol. The summed E-state index contributed by atoms with van der Waals surface area (Å²) in [5.41, 5.74) is 7.21. The lowest BCUT2D eigenvalue weighted by atomic mass is 10.1. The van der Waals surface area contributed by atoms with Gasteiger partial charge in [-0.3, -0.25) is 14.9 Å². The van der Waals surface area contributed by atoms with Crippen LogP contribution in [-0.2, 0) is 0 Å². The van der Waals surface area contributed by atoms with Crippen LogP contribution in [0, 0.1) is 13.8 Å². The molecule has 3 aromatic heterocycles. The highest BCUT2D eigenvalue weighted by atomic mass is 16.2. The molecule has 3 heterocycles. The Hall–Kier alpha value is -4.00. The summed E-state index contributed by atoms with van der Waals surface area (Å²) >= 11 is 0. The molecule has 7 heteroatoms. The topological polar surface area (TPSA) is 99.3 Å². The molecule has 0 aliphatic carbocycles. The van der Waals surface area contributed by atoms with E-state index in [-0.39, 0.29) is 17.8 Å². The molecule has 1 atom stereocenters. The minimum absolute atomic E-state index is 0.135. The molecule has 154 valence electrons. The molecule has 5 rings (SSSR count). The van der Waals surface area contributed by atoms with Crippen molar-refractivity contribution < 1.29 is 4.79 Å². The molecule has 0 bridgehead atoms. The van der Waals surface area contributed by atoms with E-state index >= 15 is 0 Å². The number of H-pyrrole nitrogens is 2. The number of imidazole rings is 1. The number of aromatic amines is 2. The van der Waals surface area contributed by atoms with Crippen molar-refractivity contribution in [2.24, 2.45) is 0 Å². The summed E-state index contributed by atoms with van der Waals surface area (Å²) in [5, 5.41) is 10.4. The van der Waals surface area contributed by atoms with Gasteiger partial charge in [-0.1, -0.05) is 30.3 Å². The summed E-state index contributed by atoms with van der Waals surface area (Å²) in [5.74, 6) is -0.116. The monoisotopic (exact) mass is 410 g/mol. The molecule has 0 fully saturated rings. The summed E-state index contributed by atoms with van der Waals surface area (Å²) in [6.07, 6.45) is 0. The maximum absolute atomic E-state index is 12.7. The second-order valence-corrected chi connectivity index (χ2v) is 7.80. The summed E-state index contributed by atoms with van der Waals surface area (Å²) in [4.78, 5) is 26.1. The highest BCUT2D eigenvalue weighted by Crippen LogP contribution is 2.30. The van der Waals surface area contributed by atoms with Gasteiger partial charge in [0.1, 0.15) is 0 Å². The number of pyridine rings is 1. The lowest BCUT2D eigenvalue weighted by Crippen LogP contribution is -2.27. The van der Waals surface area contributed by atoms with Gasteiger partial charge >= 0.3 is 0 Å². The fourth-order valence-corrected chi connectivity index (χ4v) is 3.91. The molecule has 1 amide bonds. The minimum atomic E-state index is -0.289. The number of fused-ring (bicyclic) bond motifs is 2. The molecule has 0 radical (unpaired) electrons. The Balaban J connectivity index is 1.49. The standard InChI is InChI=1S/C24H22N6O/c1-13-9-17(10-14(2)25-13)22-18-11-20-21(12-19(18)29-30-22)28-23(27-20)24(31)26-15(3)16-7-5-4-6-8-16/h4-12,15,29-30H,1-3H3,(H,26,31)/t15-/m1/s1. The Morgan fingerprint density at radius 3 is 2.29 bits per heavy atom. The first-order chi connectivity index (χ1) is 15.0. The number of hydrogen-bond donors (Lipinski definition) is 3. The number of aromatic nitrogens is 5. The minimum Gasteiger partial charge on any atom is -0.343 e. The molecule has 0 spiro atoms. The lowest BCUT2D eigenvalue weighted by molar-refractivity contribution is 0.0930. The first kappa shape index (κ1) is 19.0. The third-order valence-electron chi connectivity index (χ3n) is 5.38. The fraction of sp³-hybridized carbons (Fsp3) is 0.167. The van der Waals surface area contributed by atoms with E-state index in [9.17, 15) is 4.79 Å². The number of nitrogens with one attached hydrogen (secondary N) is 3.